The topological polar surface area (TPSA) is 117 Å². The van der Waals surface area contributed by atoms with Crippen LogP contribution in [0, 0.1) is 5.41 Å². The number of amides is 1. The van der Waals surface area contributed by atoms with Crippen molar-refractivity contribution in [2.75, 3.05) is 50.5 Å². The molecule has 0 aliphatic carbocycles. The van der Waals surface area contributed by atoms with Crippen LogP contribution in [0.25, 0.3) is 10.9 Å². The summed E-state index contributed by atoms with van der Waals surface area (Å²) in [6.45, 7) is 4.32. The highest BCUT2D eigenvalue weighted by Crippen LogP contribution is 2.22. The lowest BCUT2D eigenvalue weighted by molar-refractivity contribution is 0.0958. The first-order valence-electron chi connectivity index (χ1n) is 10.6. The Labute approximate surface area is 186 Å². The average Bonchev–Trinajstić information content (AvgIpc) is 2.83. The predicted molar refractivity (Wildman–Crippen MR) is 127 cm³/mol. The first-order chi connectivity index (χ1) is 15.5. The lowest BCUT2D eigenvalue weighted by Crippen LogP contribution is -2.46. The first-order valence-corrected chi connectivity index (χ1v) is 10.6. The predicted octanol–water partition coefficient (Wildman–Crippen LogP) is 1.64. The number of pyridine rings is 2. The van der Waals surface area contributed by atoms with Crippen LogP contribution in [0.15, 0.2) is 41.3 Å². The molecule has 32 heavy (non-hydrogen) atoms. The Morgan fingerprint density at radius 2 is 1.97 bits per heavy atom. The number of aromatic amines is 1. The summed E-state index contributed by atoms with van der Waals surface area (Å²) in [4.78, 5) is 35.8. The quantitative estimate of drug-likeness (QED) is 0.439. The molecule has 4 N–H and O–H groups in total. The maximum atomic E-state index is 12.3. The van der Waals surface area contributed by atoms with E-state index in [0.29, 0.717) is 16.9 Å². The van der Waals surface area contributed by atoms with Crippen LogP contribution in [0.4, 0.5) is 11.4 Å². The molecule has 3 heterocycles. The molecular formula is C23H27N7O2. The highest BCUT2D eigenvalue weighted by atomic mass is 16.1. The van der Waals surface area contributed by atoms with Crippen molar-refractivity contribution in [1.82, 2.24) is 20.2 Å². The van der Waals surface area contributed by atoms with Gasteiger partial charge in [0.1, 0.15) is 11.4 Å². The zero-order valence-electron chi connectivity index (χ0n) is 18.2. The second kappa shape index (κ2) is 9.19. The normalized spacial score (nSPS) is 14.4. The summed E-state index contributed by atoms with van der Waals surface area (Å²) in [7, 11) is 3.28. The third-order valence-corrected chi connectivity index (χ3v) is 5.86. The van der Waals surface area contributed by atoms with Gasteiger partial charge < -0.3 is 25.9 Å². The van der Waals surface area contributed by atoms with Gasteiger partial charge in [-0.1, -0.05) is 12.1 Å². The zero-order chi connectivity index (χ0) is 22.7. The van der Waals surface area contributed by atoms with Crippen molar-refractivity contribution in [2.45, 2.75) is 6.54 Å². The van der Waals surface area contributed by atoms with Gasteiger partial charge in [0, 0.05) is 69.5 Å². The third-order valence-electron chi connectivity index (χ3n) is 5.86. The van der Waals surface area contributed by atoms with Crippen LogP contribution < -0.4 is 21.1 Å². The molecular weight excluding hydrogens is 406 g/mol. The molecule has 0 atom stereocenters. The van der Waals surface area contributed by atoms with Crippen LogP contribution in [0.2, 0.25) is 0 Å². The van der Waals surface area contributed by atoms with Crippen molar-refractivity contribution in [1.29, 1.82) is 5.41 Å². The lowest BCUT2D eigenvalue weighted by atomic mass is 10.0. The van der Waals surface area contributed by atoms with Gasteiger partial charge in [-0.05, 0) is 23.8 Å². The van der Waals surface area contributed by atoms with E-state index in [-0.39, 0.29) is 11.5 Å². The van der Waals surface area contributed by atoms with Crippen LogP contribution in [0.5, 0.6) is 0 Å². The summed E-state index contributed by atoms with van der Waals surface area (Å²) in [6, 6.07) is 9.71. The number of carbonyl (C=O) groups is 1. The number of carbonyl (C=O) groups excluding carboxylic acids is 1. The number of aromatic nitrogens is 2. The van der Waals surface area contributed by atoms with E-state index in [1.54, 1.807) is 26.4 Å². The van der Waals surface area contributed by atoms with Crippen LogP contribution in [-0.2, 0) is 6.54 Å². The van der Waals surface area contributed by atoms with E-state index in [1.807, 2.05) is 18.2 Å². The van der Waals surface area contributed by atoms with Crippen LogP contribution in [0.1, 0.15) is 21.6 Å². The maximum Gasteiger partial charge on any atom is 0.272 e. The highest BCUT2D eigenvalue weighted by molar-refractivity contribution is 6.02. The molecule has 166 valence electrons. The third kappa shape index (κ3) is 4.19. The molecule has 0 bridgehead atoms. The van der Waals surface area contributed by atoms with Gasteiger partial charge in [0.15, 0.2) is 0 Å². The standard InChI is InChI=1S/C23H27N7O2/c1-25-21-18(12-24)17-5-3-15(11-20(17)28-23(21)32)14-29-7-9-30(10-8-29)16-4-6-19(27-13-16)22(31)26-2/h3-6,11-13,24-25H,7-10,14H2,1-2H3,(H,26,31)(H,28,32). The second-order valence-corrected chi connectivity index (χ2v) is 7.76. The minimum Gasteiger partial charge on any atom is -0.383 e. The zero-order valence-corrected chi connectivity index (χ0v) is 18.2. The molecule has 1 fully saturated rings. The van der Waals surface area contributed by atoms with E-state index >= 15 is 0 Å². The van der Waals surface area contributed by atoms with E-state index < -0.39 is 0 Å². The minimum absolute atomic E-state index is 0.187. The molecule has 4 rings (SSSR count). The fourth-order valence-corrected chi connectivity index (χ4v) is 4.13. The van der Waals surface area contributed by atoms with Gasteiger partial charge >= 0.3 is 0 Å². The Kier molecular flexibility index (Phi) is 6.18. The number of hydrogen-bond acceptors (Lipinski definition) is 7. The molecule has 0 unspecified atom stereocenters. The molecule has 1 aromatic carbocycles. The number of piperazine rings is 1. The number of anilines is 2. The van der Waals surface area contributed by atoms with Crippen molar-refractivity contribution in [3.63, 3.8) is 0 Å². The summed E-state index contributed by atoms with van der Waals surface area (Å²) in [5, 5.41) is 14.0. The summed E-state index contributed by atoms with van der Waals surface area (Å²) >= 11 is 0. The van der Waals surface area contributed by atoms with Crippen molar-refractivity contribution in [2.24, 2.45) is 0 Å². The summed E-state index contributed by atoms with van der Waals surface area (Å²) in [6.07, 6.45) is 2.97. The summed E-state index contributed by atoms with van der Waals surface area (Å²) in [5.74, 6) is -0.187. The second-order valence-electron chi connectivity index (χ2n) is 7.76. The molecule has 9 nitrogen and oxygen atoms in total. The summed E-state index contributed by atoms with van der Waals surface area (Å²) < 4.78 is 0. The van der Waals surface area contributed by atoms with E-state index in [2.05, 4.69) is 36.5 Å². The number of nitrogens with one attached hydrogen (secondary N) is 4. The molecule has 0 spiro atoms. The van der Waals surface area contributed by atoms with Gasteiger partial charge in [0.05, 0.1) is 11.9 Å². The number of benzene rings is 1. The van der Waals surface area contributed by atoms with E-state index in [0.717, 1.165) is 54.9 Å². The van der Waals surface area contributed by atoms with Gasteiger partial charge in [-0.15, -0.1) is 0 Å². The Hall–Kier alpha value is -3.72. The highest BCUT2D eigenvalue weighted by Gasteiger charge is 2.19. The Balaban J connectivity index is 1.43. The molecule has 3 aromatic rings. The molecule has 1 amide bonds. The van der Waals surface area contributed by atoms with Crippen LogP contribution in [-0.4, -0.2) is 67.3 Å². The van der Waals surface area contributed by atoms with E-state index in [4.69, 9.17) is 5.41 Å². The number of hydrogen-bond donors (Lipinski definition) is 4. The smallest absolute Gasteiger partial charge is 0.272 e. The SMILES string of the molecule is CNC(=O)c1ccc(N2CCN(Cc3ccc4c(C=N)c(NC)c(=O)[nH]c4c3)CC2)cn1. The number of fused-ring (bicyclic) bond motifs is 1. The van der Waals surface area contributed by atoms with Gasteiger partial charge in [0.25, 0.3) is 11.5 Å². The fourth-order valence-electron chi connectivity index (χ4n) is 4.13. The first kappa shape index (κ1) is 21.5. The molecule has 0 radical (unpaired) electrons. The summed E-state index contributed by atoms with van der Waals surface area (Å²) in [5.41, 5.74) is 4.08. The molecule has 1 aliphatic rings. The minimum atomic E-state index is -0.222. The Morgan fingerprint density at radius 3 is 2.59 bits per heavy atom. The van der Waals surface area contributed by atoms with Crippen molar-refractivity contribution in [3.8, 4) is 0 Å². The fraction of sp³-hybridized carbons (Fsp3) is 0.304. The molecule has 2 aromatic heterocycles. The largest absolute Gasteiger partial charge is 0.383 e. The number of rotatable bonds is 6. The number of H-pyrrole nitrogens is 1. The van der Waals surface area contributed by atoms with Crippen molar-refractivity contribution < 1.29 is 4.79 Å². The monoisotopic (exact) mass is 433 g/mol. The van der Waals surface area contributed by atoms with E-state index in [9.17, 15) is 9.59 Å². The lowest BCUT2D eigenvalue weighted by Gasteiger charge is -2.36. The molecule has 9 heteroatoms. The molecule has 1 saturated heterocycles. The van der Waals surface area contributed by atoms with Crippen molar-refractivity contribution >= 4 is 34.4 Å². The van der Waals surface area contributed by atoms with Crippen LogP contribution in [0.3, 0.4) is 0 Å². The van der Waals surface area contributed by atoms with Gasteiger partial charge in [0.2, 0.25) is 0 Å². The molecule has 0 saturated carbocycles. The van der Waals surface area contributed by atoms with Crippen molar-refractivity contribution in [3.05, 3.63) is 63.7 Å². The average molecular weight is 434 g/mol. The maximum absolute atomic E-state index is 12.3. The Bertz CT molecular complexity index is 1200. The number of nitrogens with zero attached hydrogens (tertiary/aromatic N) is 3. The Morgan fingerprint density at radius 1 is 1.19 bits per heavy atom. The molecule has 1 aliphatic heterocycles. The van der Waals surface area contributed by atoms with Crippen LogP contribution >= 0.6 is 0 Å². The van der Waals surface area contributed by atoms with Gasteiger partial charge in [-0.25, -0.2) is 4.98 Å². The van der Waals surface area contributed by atoms with Gasteiger partial charge in [-0.3, -0.25) is 14.5 Å². The van der Waals surface area contributed by atoms with E-state index in [1.165, 1.54) is 6.21 Å². The van der Waals surface area contributed by atoms with Gasteiger partial charge in [-0.2, -0.15) is 0 Å².